The van der Waals surface area contributed by atoms with Crippen LogP contribution in [0.25, 0.3) is 0 Å². The molecule has 2 aliphatic rings. The fourth-order valence-electron chi connectivity index (χ4n) is 6.72. The van der Waals surface area contributed by atoms with Gasteiger partial charge in [-0.2, -0.15) is 26.3 Å². The van der Waals surface area contributed by atoms with Crippen molar-refractivity contribution >= 4 is 11.9 Å². The second-order valence-electron chi connectivity index (χ2n) is 12.3. The summed E-state index contributed by atoms with van der Waals surface area (Å²) in [6.07, 6.45) is -6.09. The average molecular weight is 631 g/mol. The highest BCUT2D eigenvalue weighted by atomic mass is 19.4. The molecule has 1 aliphatic heterocycles. The van der Waals surface area contributed by atoms with Gasteiger partial charge in [-0.05, 0) is 104 Å². The van der Waals surface area contributed by atoms with Crippen LogP contribution in [0.5, 0.6) is 0 Å². The highest BCUT2D eigenvalue weighted by Gasteiger charge is 2.40. The number of amides is 1. The van der Waals surface area contributed by atoms with Gasteiger partial charge in [-0.25, -0.2) is 4.39 Å². The van der Waals surface area contributed by atoms with E-state index in [1.54, 1.807) is 13.0 Å². The van der Waals surface area contributed by atoms with Crippen LogP contribution in [0.15, 0.2) is 36.4 Å². The number of carboxylic acid groups (broad SMARTS) is 1. The van der Waals surface area contributed by atoms with Crippen molar-refractivity contribution in [2.75, 3.05) is 19.6 Å². The molecule has 5 nitrogen and oxygen atoms in total. The van der Waals surface area contributed by atoms with Crippen molar-refractivity contribution in [1.82, 2.24) is 10.2 Å². The third kappa shape index (κ3) is 8.31. The zero-order valence-corrected chi connectivity index (χ0v) is 24.6. The van der Waals surface area contributed by atoms with Gasteiger partial charge in [0, 0.05) is 37.4 Å². The van der Waals surface area contributed by atoms with Gasteiger partial charge < -0.3 is 10.4 Å². The van der Waals surface area contributed by atoms with Crippen molar-refractivity contribution in [2.45, 2.75) is 82.6 Å². The Balaban J connectivity index is 1.49. The first-order valence-corrected chi connectivity index (χ1v) is 14.8. The lowest BCUT2D eigenvalue weighted by atomic mass is 9.76. The van der Waals surface area contributed by atoms with Gasteiger partial charge in [-0.15, -0.1) is 0 Å². The maximum absolute atomic E-state index is 14.0. The Labute approximate surface area is 251 Å². The molecule has 1 heterocycles. The monoisotopic (exact) mass is 630 g/mol. The van der Waals surface area contributed by atoms with Gasteiger partial charge in [-0.1, -0.05) is 13.0 Å². The molecule has 2 N–H and O–H groups in total. The van der Waals surface area contributed by atoms with Gasteiger partial charge >= 0.3 is 18.3 Å². The molecule has 44 heavy (non-hydrogen) atoms. The molecule has 4 rings (SSSR count). The number of likely N-dealkylation sites (tertiary alicyclic amines) is 1. The van der Waals surface area contributed by atoms with Crippen molar-refractivity contribution in [2.24, 2.45) is 11.8 Å². The molecule has 242 valence electrons. The second kappa shape index (κ2) is 13.5. The molecule has 1 saturated heterocycles. The Morgan fingerprint density at radius 3 is 2.11 bits per heavy atom. The fraction of sp³-hybridized carbons (Fsp3) is 0.562. The topological polar surface area (TPSA) is 69.6 Å². The molecule has 2 aromatic carbocycles. The first kappa shape index (κ1) is 33.7. The second-order valence-corrected chi connectivity index (χ2v) is 12.3. The SMILES string of the molecule is Cc1cc(F)ccc1[C@H]1CN(C2CCC(CC(=O)O)CC2)CC[C@@H]1C(=O)NC[C@@H](C)c1cc(C(F)(F)F)cc(C(F)(F)F)c1. The summed E-state index contributed by atoms with van der Waals surface area (Å²) in [4.78, 5) is 27.0. The molecule has 0 bridgehead atoms. The number of aliphatic carboxylic acids is 1. The quantitative estimate of drug-likeness (QED) is 0.296. The lowest BCUT2D eigenvalue weighted by Crippen LogP contribution is -2.50. The summed E-state index contributed by atoms with van der Waals surface area (Å²) in [7, 11) is 0. The number of benzene rings is 2. The number of aryl methyl sites for hydroxylation is 1. The van der Waals surface area contributed by atoms with E-state index in [0.29, 0.717) is 37.2 Å². The Morgan fingerprint density at radius 2 is 1.57 bits per heavy atom. The number of hydrogen-bond acceptors (Lipinski definition) is 3. The van der Waals surface area contributed by atoms with E-state index in [2.05, 4.69) is 10.2 Å². The van der Waals surface area contributed by atoms with Crippen LogP contribution in [-0.4, -0.2) is 47.6 Å². The minimum Gasteiger partial charge on any atom is -0.481 e. The maximum atomic E-state index is 14.0. The number of piperidine rings is 1. The van der Waals surface area contributed by atoms with Crippen molar-refractivity contribution in [1.29, 1.82) is 0 Å². The maximum Gasteiger partial charge on any atom is 0.416 e. The average Bonchev–Trinajstić information content (AvgIpc) is 2.94. The molecule has 0 unspecified atom stereocenters. The number of nitrogens with zero attached hydrogens (tertiary/aromatic N) is 1. The third-order valence-corrected chi connectivity index (χ3v) is 9.17. The number of carboxylic acids is 1. The predicted molar refractivity (Wildman–Crippen MR) is 149 cm³/mol. The molecule has 1 aliphatic carbocycles. The number of rotatable bonds is 8. The van der Waals surface area contributed by atoms with E-state index in [4.69, 9.17) is 5.11 Å². The normalized spacial score (nSPS) is 24.1. The van der Waals surface area contributed by atoms with Gasteiger partial charge in [0.15, 0.2) is 0 Å². The van der Waals surface area contributed by atoms with Crippen molar-refractivity contribution in [3.05, 3.63) is 70.0 Å². The molecule has 0 radical (unpaired) electrons. The van der Waals surface area contributed by atoms with Crippen LogP contribution in [-0.2, 0) is 21.9 Å². The Morgan fingerprint density at radius 1 is 0.955 bits per heavy atom. The Hall–Kier alpha value is -3.15. The van der Waals surface area contributed by atoms with Gasteiger partial charge in [-0.3, -0.25) is 14.5 Å². The first-order chi connectivity index (χ1) is 20.5. The summed E-state index contributed by atoms with van der Waals surface area (Å²) in [6.45, 7) is 4.16. The van der Waals surface area contributed by atoms with Crippen LogP contribution in [0, 0.1) is 24.6 Å². The highest BCUT2D eigenvalue weighted by Crippen LogP contribution is 2.40. The molecule has 12 heteroatoms. The van der Waals surface area contributed by atoms with Gasteiger partial charge in [0.1, 0.15) is 5.82 Å². The highest BCUT2D eigenvalue weighted by molar-refractivity contribution is 5.80. The van der Waals surface area contributed by atoms with Crippen LogP contribution >= 0.6 is 0 Å². The number of halogens is 7. The van der Waals surface area contributed by atoms with Crippen molar-refractivity contribution in [3.8, 4) is 0 Å². The van der Waals surface area contributed by atoms with E-state index in [9.17, 15) is 40.3 Å². The summed E-state index contributed by atoms with van der Waals surface area (Å²) in [5.74, 6) is -3.15. The number of carbonyl (C=O) groups excluding carboxylic acids is 1. The fourth-order valence-corrected chi connectivity index (χ4v) is 6.72. The van der Waals surface area contributed by atoms with E-state index in [0.717, 1.165) is 31.2 Å². The number of nitrogens with one attached hydrogen (secondary N) is 1. The third-order valence-electron chi connectivity index (χ3n) is 9.17. The van der Waals surface area contributed by atoms with Gasteiger partial charge in [0.2, 0.25) is 5.91 Å². The van der Waals surface area contributed by atoms with E-state index < -0.39 is 47.1 Å². The minimum absolute atomic E-state index is 0.0802. The van der Waals surface area contributed by atoms with Crippen LogP contribution in [0.3, 0.4) is 0 Å². The van der Waals surface area contributed by atoms with Gasteiger partial charge in [0.25, 0.3) is 0 Å². The van der Waals surface area contributed by atoms with Crippen LogP contribution < -0.4 is 5.32 Å². The van der Waals surface area contributed by atoms with Crippen molar-refractivity contribution < 1.29 is 45.4 Å². The molecule has 0 aromatic heterocycles. The minimum atomic E-state index is -4.97. The Bertz CT molecular complexity index is 1300. The zero-order valence-electron chi connectivity index (χ0n) is 24.6. The molecule has 1 saturated carbocycles. The van der Waals surface area contributed by atoms with Crippen LogP contribution in [0.4, 0.5) is 30.7 Å². The first-order valence-electron chi connectivity index (χ1n) is 14.8. The van der Waals surface area contributed by atoms with E-state index in [-0.39, 0.29) is 48.4 Å². The lowest BCUT2D eigenvalue weighted by molar-refractivity contribution is -0.143. The molecule has 1 amide bonds. The summed E-state index contributed by atoms with van der Waals surface area (Å²) in [5.41, 5.74) is -1.52. The smallest absolute Gasteiger partial charge is 0.416 e. The van der Waals surface area contributed by atoms with E-state index in [1.165, 1.54) is 19.1 Å². The predicted octanol–water partition coefficient (Wildman–Crippen LogP) is 7.53. The lowest BCUT2D eigenvalue weighted by Gasteiger charge is -2.44. The molecular formula is C32H37F7N2O3. The number of alkyl halides is 6. The van der Waals surface area contributed by atoms with E-state index >= 15 is 0 Å². The number of carbonyl (C=O) groups is 2. The molecule has 0 spiro atoms. The molecule has 3 atom stereocenters. The number of hydrogen-bond donors (Lipinski definition) is 2. The molecule has 2 aromatic rings. The molecular weight excluding hydrogens is 593 g/mol. The summed E-state index contributed by atoms with van der Waals surface area (Å²) in [6, 6.07) is 6.05. The molecule has 2 fully saturated rings. The summed E-state index contributed by atoms with van der Waals surface area (Å²) in [5, 5.41) is 11.9. The largest absolute Gasteiger partial charge is 0.481 e. The summed E-state index contributed by atoms with van der Waals surface area (Å²) >= 11 is 0. The Kier molecular flexibility index (Phi) is 10.3. The van der Waals surface area contributed by atoms with Crippen molar-refractivity contribution in [3.63, 3.8) is 0 Å². The zero-order chi connectivity index (χ0) is 32.4. The van der Waals surface area contributed by atoms with Gasteiger partial charge in [0.05, 0.1) is 11.1 Å². The van der Waals surface area contributed by atoms with Crippen LogP contribution in [0.1, 0.15) is 85.1 Å². The summed E-state index contributed by atoms with van der Waals surface area (Å²) < 4.78 is 94.2. The van der Waals surface area contributed by atoms with E-state index in [1.807, 2.05) is 0 Å². The standard InChI is InChI=1S/C32H37F7N2O3/c1-18-11-24(33)5-8-26(18)28-17-41(25-6-3-20(4-7-25)12-29(42)43)10-9-27(28)30(44)40-16-19(2)21-13-22(31(34,35)36)15-23(14-21)32(37,38)39/h5,8,11,13-15,19-20,25,27-28H,3-4,6-7,9-10,12,16-17H2,1-2H3,(H,40,44)(H,42,43)/t19-,20?,25?,27+,28-/m1/s1. The van der Waals surface area contributed by atoms with Crippen LogP contribution in [0.2, 0.25) is 0 Å².